The zero-order valence-electron chi connectivity index (χ0n) is 14.3. The number of carbonyl (C=O) groups excluding carboxylic acids is 2. The van der Waals surface area contributed by atoms with Gasteiger partial charge in [-0.2, -0.15) is 8.78 Å². The van der Waals surface area contributed by atoms with Crippen LogP contribution in [0.15, 0.2) is 48.5 Å². The van der Waals surface area contributed by atoms with Crippen molar-refractivity contribution in [1.29, 1.82) is 0 Å². The second-order valence-corrected chi connectivity index (χ2v) is 5.40. The van der Waals surface area contributed by atoms with E-state index in [1.54, 1.807) is 43.3 Å². The lowest BCUT2D eigenvalue weighted by Crippen LogP contribution is -2.12. The zero-order chi connectivity index (χ0) is 19.1. The van der Waals surface area contributed by atoms with E-state index in [9.17, 15) is 18.4 Å². The third-order valence-corrected chi connectivity index (χ3v) is 3.45. The van der Waals surface area contributed by atoms with Crippen molar-refractivity contribution in [3.8, 4) is 5.75 Å². The summed E-state index contributed by atoms with van der Waals surface area (Å²) in [7, 11) is 0. The number of amides is 2. The maximum Gasteiger partial charge on any atom is 0.387 e. The minimum absolute atomic E-state index is 0.0182. The smallest absolute Gasteiger partial charge is 0.387 e. The first kappa shape index (κ1) is 19.1. The van der Waals surface area contributed by atoms with Crippen molar-refractivity contribution in [3.05, 3.63) is 59.7 Å². The summed E-state index contributed by atoms with van der Waals surface area (Å²) >= 11 is 0. The van der Waals surface area contributed by atoms with Crippen LogP contribution < -0.4 is 15.4 Å². The van der Waals surface area contributed by atoms with E-state index >= 15 is 0 Å². The number of carbonyl (C=O) groups is 2. The molecule has 0 heterocycles. The van der Waals surface area contributed by atoms with E-state index in [1.807, 2.05) is 0 Å². The highest BCUT2D eigenvalue weighted by Gasteiger charge is 2.09. The Hall–Kier alpha value is -3.22. The van der Waals surface area contributed by atoms with Crippen LogP contribution in [0.5, 0.6) is 5.75 Å². The van der Waals surface area contributed by atoms with Gasteiger partial charge in [-0.25, -0.2) is 0 Å². The Morgan fingerprint density at radius 2 is 1.69 bits per heavy atom. The Bertz CT molecular complexity index is 835. The van der Waals surface area contributed by atoms with E-state index in [4.69, 9.17) is 0 Å². The third kappa shape index (κ3) is 5.41. The van der Waals surface area contributed by atoms with Gasteiger partial charge in [-0.05, 0) is 36.8 Å². The molecule has 0 bridgehead atoms. The Morgan fingerprint density at radius 1 is 1.04 bits per heavy atom. The van der Waals surface area contributed by atoms with Crippen molar-refractivity contribution in [2.75, 3.05) is 10.6 Å². The molecule has 5 nitrogen and oxygen atoms in total. The van der Waals surface area contributed by atoms with Gasteiger partial charge in [-0.1, -0.05) is 24.3 Å². The second kappa shape index (κ2) is 8.75. The summed E-state index contributed by atoms with van der Waals surface area (Å²) in [5.74, 6) is -0.678. The molecule has 0 saturated carbocycles. The number of nitrogens with one attached hydrogen (secondary N) is 2. The fourth-order valence-corrected chi connectivity index (χ4v) is 2.26. The quantitative estimate of drug-likeness (QED) is 0.759. The average Bonchev–Trinajstić information content (AvgIpc) is 2.57. The van der Waals surface area contributed by atoms with Gasteiger partial charge >= 0.3 is 6.61 Å². The van der Waals surface area contributed by atoms with Gasteiger partial charge in [0.15, 0.2) is 0 Å². The van der Waals surface area contributed by atoms with Gasteiger partial charge in [0.2, 0.25) is 11.8 Å². The first-order valence-corrected chi connectivity index (χ1v) is 7.77. The summed E-state index contributed by atoms with van der Waals surface area (Å²) in [4.78, 5) is 23.3. The molecule has 2 aromatic rings. The summed E-state index contributed by atoms with van der Waals surface area (Å²) in [6.07, 6.45) is 2.61. The highest BCUT2D eigenvalue weighted by molar-refractivity contribution is 6.03. The van der Waals surface area contributed by atoms with Gasteiger partial charge in [0.1, 0.15) is 5.75 Å². The van der Waals surface area contributed by atoms with Gasteiger partial charge in [-0.3, -0.25) is 9.59 Å². The molecule has 0 atom stereocenters. The molecule has 136 valence electrons. The topological polar surface area (TPSA) is 67.4 Å². The normalized spacial score (nSPS) is 10.8. The number of ether oxygens (including phenoxy) is 1. The molecule has 0 radical (unpaired) electrons. The van der Waals surface area contributed by atoms with Crippen molar-refractivity contribution >= 4 is 29.3 Å². The fourth-order valence-electron chi connectivity index (χ4n) is 2.26. The minimum atomic E-state index is -2.95. The van der Waals surface area contributed by atoms with E-state index < -0.39 is 12.5 Å². The van der Waals surface area contributed by atoms with Gasteiger partial charge in [-0.15, -0.1) is 0 Å². The van der Waals surface area contributed by atoms with Crippen molar-refractivity contribution < 1.29 is 23.1 Å². The maximum absolute atomic E-state index is 12.4. The summed E-state index contributed by atoms with van der Waals surface area (Å²) < 4.78 is 29.2. The van der Waals surface area contributed by atoms with Crippen molar-refractivity contribution in [2.45, 2.75) is 20.5 Å². The Balaban J connectivity index is 2.12. The standard InChI is InChI=1S/C19H18F2N2O3/c1-12-15(22-13(2)24)7-5-8-16(12)23-18(25)11-10-14-6-3-4-9-17(14)26-19(20)21/h3-11,19H,1-2H3,(H,22,24)(H,23,25)/b11-10+. The van der Waals surface area contributed by atoms with Crippen LogP contribution in [-0.2, 0) is 9.59 Å². The van der Waals surface area contributed by atoms with E-state index in [0.717, 1.165) is 0 Å². The van der Waals surface area contributed by atoms with Crippen LogP contribution in [0.1, 0.15) is 18.1 Å². The van der Waals surface area contributed by atoms with Gasteiger partial charge in [0.25, 0.3) is 0 Å². The first-order chi connectivity index (χ1) is 12.4. The van der Waals surface area contributed by atoms with Crippen LogP contribution >= 0.6 is 0 Å². The average molecular weight is 360 g/mol. The highest BCUT2D eigenvalue weighted by Crippen LogP contribution is 2.24. The van der Waals surface area contributed by atoms with Crippen molar-refractivity contribution in [1.82, 2.24) is 0 Å². The first-order valence-electron chi connectivity index (χ1n) is 7.77. The molecular weight excluding hydrogens is 342 g/mol. The molecule has 7 heteroatoms. The maximum atomic E-state index is 12.4. The molecule has 0 spiro atoms. The molecule has 2 rings (SSSR count). The molecule has 26 heavy (non-hydrogen) atoms. The van der Waals surface area contributed by atoms with Crippen LogP contribution in [0.2, 0.25) is 0 Å². The monoisotopic (exact) mass is 360 g/mol. The van der Waals surface area contributed by atoms with E-state index in [1.165, 1.54) is 25.1 Å². The molecule has 2 aromatic carbocycles. The molecule has 0 aromatic heterocycles. The van der Waals surface area contributed by atoms with Crippen LogP contribution in [0.4, 0.5) is 20.2 Å². The predicted molar refractivity (Wildman–Crippen MR) is 96.2 cm³/mol. The van der Waals surface area contributed by atoms with Crippen molar-refractivity contribution in [3.63, 3.8) is 0 Å². The number of benzene rings is 2. The Kier molecular flexibility index (Phi) is 6.43. The number of para-hydroxylation sites is 1. The minimum Gasteiger partial charge on any atom is -0.434 e. The molecule has 0 unspecified atom stereocenters. The largest absolute Gasteiger partial charge is 0.434 e. The molecule has 0 saturated heterocycles. The summed E-state index contributed by atoms with van der Waals surface area (Å²) in [5.41, 5.74) is 2.18. The summed E-state index contributed by atoms with van der Waals surface area (Å²) in [6, 6.07) is 11.3. The molecular formula is C19H18F2N2O3. The fraction of sp³-hybridized carbons (Fsp3) is 0.158. The number of anilines is 2. The lowest BCUT2D eigenvalue weighted by atomic mass is 10.1. The third-order valence-electron chi connectivity index (χ3n) is 3.45. The predicted octanol–water partition coefficient (Wildman–Crippen LogP) is 4.21. The van der Waals surface area contributed by atoms with Crippen LogP contribution in [0.3, 0.4) is 0 Å². The van der Waals surface area contributed by atoms with E-state index in [0.29, 0.717) is 22.5 Å². The molecule has 0 aliphatic heterocycles. The van der Waals surface area contributed by atoms with Gasteiger partial charge in [0.05, 0.1) is 0 Å². The van der Waals surface area contributed by atoms with Crippen molar-refractivity contribution in [2.24, 2.45) is 0 Å². The molecule has 2 amide bonds. The number of hydrogen-bond acceptors (Lipinski definition) is 3. The number of rotatable bonds is 6. The molecule has 0 aliphatic carbocycles. The van der Waals surface area contributed by atoms with Crippen LogP contribution in [0.25, 0.3) is 6.08 Å². The molecule has 0 aliphatic rings. The Morgan fingerprint density at radius 3 is 2.35 bits per heavy atom. The molecule has 2 N–H and O–H groups in total. The SMILES string of the molecule is CC(=O)Nc1cccc(NC(=O)/C=C/c2ccccc2OC(F)F)c1C. The number of alkyl halides is 2. The van der Waals surface area contributed by atoms with E-state index in [2.05, 4.69) is 15.4 Å². The van der Waals surface area contributed by atoms with Gasteiger partial charge < -0.3 is 15.4 Å². The summed E-state index contributed by atoms with van der Waals surface area (Å²) in [6.45, 7) is 0.209. The lowest BCUT2D eigenvalue weighted by Gasteiger charge is -2.12. The Labute approximate surface area is 149 Å². The highest BCUT2D eigenvalue weighted by atomic mass is 19.3. The second-order valence-electron chi connectivity index (χ2n) is 5.40. The van der Waals surface area contributed by atoms with Crippen LogP contribution in [-0.4, -0.2) is 18.4 Å². The van der Waals surface area contributed by atoms with E-state index in [-0.39, 0.29) is 11.7 Å². The lowest BCUT2D eigenvalue weighted by molar-refractivity contribution is -0.114. The molecule has 0 fully saturated rings. The number of hydrogen-bond donors (Lipinski definition) is 2. The summed E-state index contributed by atoms with van der Waals surface area (Å²) in [5, 5.41) is 5.36. The number of halogens is 2. The van der Waals surface area contributed by atoms with Crippen LogP contribution in [0, 0.1) is 6.92 Å². The van der Waals surface area contributed by atoms with Gasteiger partial charge in [0, 0.05) is 29.9 Å². The zero-order valence-corrected chi connectivity index (χ0v) is 14.3.